The lowest BCUT2D eigenvalue weighted by molar-refractivity contribution is 0.0173. The Bertz CT molecular complexity index is 1930. The minimum Gasteiger partial charge on any atom is -0.444 e. The fourth-order valence-corrected chi connectivity index (χ4v) is 9.11. The van der Waals surface area contributed by atoms with Gasteiger partial charge in [0.15, 0.2) is 11.4 Å². The number of benzene rings is 1. The van der Waals surface area contributed by atoms with Gasteiger partial charge in [-0.3, -0.25) is 9.52 Å². The van der Waals surface area contributed by atoms with E-state index >= 15 is 0 Å². The average molecular weight is 799 g/mol. The first kappa shape index (κ1) is 41.2. The molecule has 1 unspecified atom stereocenters. The predicted octanol–water partition coefficient (Wildman–Crippen LogP) is 6.50. The smallest absolute Gasteiger partial charge is 0.410 e. The first-order chi connectivity index (χ1) is 26.1. The number of carbonyl (C=O) groups is 2. The van der Waals surface area contributed by atoms with E-state index in [1.165, 1.54) is 6.07 Å². The summed E-state index contributed by atoms with van der Waals surface area (Å²) in [6.07, 6.45) is 11.0. The molecular weight excluding hydrogens is 740 g/mol. The number of rotatable bonds is 12. The highest BCUT2D eigenvalue weighted by Gasteiger charge is 2.36. The molecule has 302 valence electrons. The van der Waals surface area contributed by atoms with Crippen LogP contribution in [0, 0.1) is 12.8 Å². The molecule has 2 saturated heterocycles. The molecule has 3 aliphatic rings. The number of anilines is 2. The van der Waals surface area contributed by atoms with Crippen molar-refractivity contribution < 1.29 is 22.7 Å². The normalized spacial score (nSPS) is 21.6. The number of nitrogens with zero attached hydrogens (tertiary/aromatic N) is 6. The summed E-state index contributed by atoms with van der Waals surface area (Å²) in [4.78, 5) is 39.8. The third kappa shape index (κ3) is 10.9. The number of hydrogen-bond acceptors (Lipinski definition) is 10. The number of hydrogen-bond donors (Lipinski definition) is 2. The second-order valence-electron chi connectivity index (χ2n) is 16.6. The molecule has 0 bridgehead atoms. The van der Waals surface area contributed by atoms with Gasteiger partial charge in [-0.15, -0.1) is 0 Å². The number of ether oxygens (including phenoxy) is 1. The molecule has 1 saturated carbocycles. The minimum atomic E-state index is -3.64. The number of carbonyl (C=O) groups excluding carboxylic acids is 2. The van der Waals surface area contributed by atoms with Crippen LogP contribution in [-0.4, -0.2) is 115 Å². The average Bonchev–Trinajstić information content (AvgIpc) is 3.74. The standard InChI is InChI=1S/C40H59ClN8O5S/c1-28-26-49-36(25-34(44-49)31-12-8-6-7-9-13-32(31)37(50)33-15-14-29(41)24-35(33)45-55(5,52)53)43-38(28)47-21-16-30(27-47)48(39(51)54-40(2,3)4)20-11-10-19-46-22-17-42-18-23-46/h14-15,24-26,30-32,42,45H,6-13,16-23,27H2,1-5H3/t30-,31?,32-/m0/s1. The number of amides is 1. The number of nitrogens with one attached hydrogen (secondary N) is 2. The predicted molar refractivity (Wildman–Crippen MR) is 218 cm³/mol. The summed E-state index contributed by atoms with van der Waals surface area (Å²) < 4.78 is 34.7. The van der Waals surface area contributed by atoms with Crippen molar-refractivity contribution in [2.45, 2.75) is 103 Å². The molecule has 1 aromatic carbocycles. The van der Waals surface area contributed by atoms with Gasteiger partial charge in [0.05, 0.1) is 23.7 Å². The van der Waals surface area contributed by atoms with Crippen LogP contribution in [0.5, 0.6) is 0 Å². The van der Waals surface area contributed by atoms with E-state index in [2.05, 4.69) is 19.8 Å². The molecule has 1 amide bonds. The SMILES string of the molecule is Cc1cn2nc(C3CCCCCC[C@@H]3C(=O)c3ccc(Cl)cc3NS(C)(=O)=O)cc2nc1N1CC[C@H](N(CCCCN2CCNCC2)C(=O)OC(C)(C)C)C1. The number of fused-ring (bicyclic) bond motifs is 1. The van der Waals surface area contributed by atoms with E-state index in [1.54, 1.807) is 12.1 Å². The zero-order valence-corrected chi connectivity index (χ0v) is 34.7. The Hall–Kier alpha value is -3.46. The van der Waals surface area contributed by atoms with Crippen molar-refractivity contribution in [2.75, 3.05) is 68.2 Å². The van der Waals surface area contributed by atoms with Crippen LogP contribution in [0.2, 0.25) is 5.02 Å². The second-order valence-corrected chi connectivity index (χ2v) is 18.8. The maximum absolute atomic E-state index is 14.4. The van der Waals surface area contributed by atoms with E-state index in [9.17, 15) is 18.0 Å². The van der Waals surface area contributed by atoms with Crippen LogP contribution in [0.1, 0.15) is 106 Å². The first-order valence-electron chi connectivity index (χ1n) is 20.0. The maximum atomic E-state index is 14.4. The number of piperazine rings is 1. The summed E-state index contributed by atoms with van der Waals surface area (Å²) in [6, 6.07) is 6.76. The molecule has 1 aliphatic carbocycles. The van der Waals surface area contributed by atoms with Crippen LogP contribution in [0.25, 0.3) is 5.65 Å². The van der Waals surface area contributed by atoms with E-state index in [0.29, 0.717) is 35.7 Å². The summed E-state index contributed by atoms with van der Waals surface area (Å²) in [5.41, 5.74) is 2.42. The number of halogens is 1. The Morgan fingerprint density at radius 2 is 1.78 bits per heavy atom. The van der Waals surface area contributed by atoms with Crippen molar-refractivity contribution in [3.8, 4) is 0 Å². The van der Waals surface area contributed by atoms with E-state index in [1.807, 2.05) is 49.4 Å². The molecule has 0 radical (unpaired) electrons. The third-order valence-electron chi connectivity index (χ3n) is 11.0. The van der Waals surface area contributed by atoms with E-state index < -0.39 is 15.6 Å². The Labute approximate surface area is 331 Å². The fourth-order valence-electron chi connectivity index (χ4n) is 8.37. The van der Waals surface area contributed by atoms with Gasteiger partial charge in [0.25, 0.3) is 0 Å². The number of sulfonamides is 1. The van der Waals surface area contributed by atoms with Gasteiger partial charge in [-0.2, -0.15) is 5.10 Å². The second kappa shape index (κ2) is 17.8. The molecular formula is C40H59ClN8O5S. The van der Waals surface area contributed by atoms with Crippen LogP contribution in [0.3, 0.4) is 0 Å². The van der Waals surface area contributed by atoms with Crippen LogP contribution in [0.15, 0.2) is 30.5 Å². The molecule has 3 aromatic rings. The van der Waals surface area contributed by atoms with Gasteiger partial charge < -0.3 is 24.8 Å². The summed E-state index contributed by atoms with van der Waals surface area (Å²) in [5, 5.41) is 8.76. The zero-order valence-electron chi connectivity index (χ0n) is 33.2. The van der Waals surface area contributed by atoms with Gasteiger partial charge in [0, 0.05) is 86.1 Å². The van der Waals surface area contributed by atoms with Gasteiger partial charge in [-0.25, -0.2) is 22.7 Å². The lowest BCUT2D eigenvalue weighted by Gasteiger charge is -2.32. The van der Waals surface area contributed by atoms with Crippen LogP contribution in [-0.2, 0) is 14.8 Å². The molecule has 0 spiro atoms. The number of unbranched alkanes of at least 4 members (excludes halogenated alkanes) is 1. The maximum Gasteiger partial charge on any atom is 0.410 e. The van der Waals surface area contributed by atoms with Crippen LogP contribution >= 0.6 is 11.6 Å². The molecule has 55 heavy (non-hydrogen) atoms. The summed E-state index contributed by atoms with van der Waals surface area (Å²) in [5.74, 6) is 0.206. The summed E-state index contributed by atoms with van der Waals surface area (Å²) >= 11 is 6.24. The zero-order chi connectivity index (χ0) is 39.3. The topological polar surface area (TPSA) is 141 Å². The molecule has 13 nitrogen and oxygen atoms in total. The largest absolute Gasteiger partial charge is 0.444 e. The highest BCUT2D eigenvalue weighted by Crippen LogP contribution is 2.39. The van der Waals surface area contributed by atoms with Crippen LogP contribution < -0.4 is 14.9 Å². The molecule has 2 aliphatic heterocycles. The Morgan fingerprint density at radius 3 is 2.51 bits per heavy atom. The Kier molecular flexibility index (Phi) is 13.3. The van der Waals surface area contributed by atoms with Crippen molar-refractivity contribution in [1.29, 1.82) is 0 Å². The molecule has 2 aromatic heterocycles. The first-order valence-corrected chi connectivity index (χ1v) is 22.3. The van der Waals surface area contributed by atoms with Gasteiger partial charge in [-0.05, 0) is 84.5 Å². The lowest BCUT2D eigenvalue weighted by Crippen LogP contribution is -2.46. The Morgan fingerprint density at radius 1 is 1.04 bits per heavy atom. The number of aryl methyl sites for hydroxylation is 1. The van der Waals surface area contributed by atoms with E-state index in [4.69, 9.17) is 26.4 Å². The van der Waals surface area contributed by atoms with E-state index in [0.717, 1.165) is 114 Å². The van der Waals surface area contributed by atoms with Crippen molar-refractivity contribution in [1.82, 2.24) is 29.7 Å². The fraction of sp³-hybridized carbons (Fsp3) is 0.650. The van der Waals surface area contributed by atoms with Crippen molar-refractivity contribution >= 4 is 50.7 Å². The molecule has 6 rings (SSSR count). The lowest BCUT2D eigenvalue weighted by atomic mass is 9.76. The van der Waals surface area contributed by atoms with Gasteiger partial charge >= 0.3 is 6.09 Å². The highest BCUT2D eigenvalue weighted by molar-refractivity contribution is 7.92. The van der Waals surface area contributed by atoms with Crippen molar-refractivity contribution in [3.63, 3.8) is 0 Å². The molecule has 3 fully saturated rings. The molecule has 3 atom stereocenters. The quantitative estimate of drug-likeness (QED) is 0.154. The number of Topliss-reactive ketones (excluding diaryl/α,β-unsaturated/α-hetero) is 1. The molecule has 15 heteroatoms. The number of ketones is 1. The van der Waals surface area contributed by atoms with Gasteiger partial charge in [-0.1, -0.05) is 37.3 Å². The monoisotopic (exact) mass is 798 g/mol. The molecule has 4 heterocycles. The summed E-state index contributed by atoms with van der Waals surface area (Å²) in [6.45, 7) is 15.1. The van der Waals surface area contributed by atoms with Crippen molar-refractivity contribution in [2.24, 2.45) is 5.92 Å². The minimum absolute atomic E-state index is 0.00331. The van der Waals surface area contributed by atoms with Gasteiger partial charge in [0.1, 0.15) is 11.4 Å². The van der Waals surface area contributed by atoms with Crippen LogP contribution in [0.4, 0.5) is 16.3 Å². The highest BCUT2D eigenvalue weighted by atomic mass is 35.5. The van der Waals surface area contributed by atoms with Crippen molar-refractivity contribution in [3.05, 3.63) is 52.3 Å². The molecule has 2 N–H and O–H groups in total. The Balaban J connectivity index is 1.21. The van der Waals surface area contributed by atoms with E-state index in [-0.39, 0.29) is 35.4 Å². The number of aromatic nitrogens is 3. The van der Waals surface area contributed by atoms with Gasteiger partial charge in [0.2, 0.25) is 10.0 Å². The summed E-state index contributed by atoms with van der Waals surface area (Å²) in [7, 11) is -3.64. The third-order valence-corrected chi connectivity index (χ3v) is 11.8.